The Kier molecular flexibility index (Phi) is 4.22. The quantitative estimate of drug-likeness (QED) is 0.778. The van der Waals surface area contributed by atoms with Gasteiger partial charge < -0.3 is 10.6 Å². The van der Waals surface area contributed by atoms with E-state index in [0.717, 1.165) is 32.4 Å². The molecule has 2 aliphatic rings. The zero-order valence-corrected chi connectivity index (χ0v) is 10.2. The first kappa shape index (κ1) is 11.9. The molecule has 1 aliphatic carbocycles. The van der Waals surface area contributed by atoms with Gasteiger partial charge in [0, 0.05) is 25.6 Å². The minimum absolute atomic E-state index is 0.341. The lowest BCUT2D eigenvalue weighted by Crippen LogP contribution is -2.38. The fourth-order valence-corrected chi connectivity index (χ4v) is 3.04. The molecular weight excluding hydrogens is 200 g/mol. The highest BCUT2D eigenvalue weighted by Gasteiger charge is 2.24. The van der Waals surface area contributed by atoms with Gasteiger partial charge in [0.25, 0.3) is 0 Å². The Morgan fingerprint density at radius 3 is 2.56 bits per heavy atom. The van der Waals surface area contributed by atoms with Crippen molar-refractivity contribution in [1.82, 2.24) is 4.90 Å². The molecule has 3 heteroatoms. The molecule has 2 atom stereocenters. The van der Waals surface area contributed by atoms with Gasteiger partial charge in [-0.15, -0.1) is 0 Å². The first-order chi connectivity index (χ1) is 7.75. The summed E-state index contributed by atoms with van der Waals surface area (Å²) >= 11 is 0. The van der Waals surface area contributed by atoms with E-state index in [-0.39, 0.29) is 0 Å². The van der Waals surface area contributed by atoms with Gasteiger partial charge >= 0.3 is 0 Å². The highest BCUT2D eigenvalue weighted by atomic mass is 16.2. The molecule has 0 aromatic carbocycles. The van der Waals surface area contributed by atoms with Crippen molar-refractivity contribution in [1.29, 1.82) is 0 Å². The predicted octanol–water partition coefficient (Wildman–Crippen LogP) is 1.91. The van der Waals surface area contributed by atoms with Crippen LogP contribution in [0.3, 0.4) is 0 Å². The second kappa shape index (κ2) is 5.67. The first-order valence-corrected chi connectivity index (χ1v) is 6.79. The lowest BCUT2D eigenvalue weighted by atomic mass is 9.84. The maximum atomic E-state index is 12.1. The average molecular weight is 224 g/mol. The summed E-state index contributed by atoms with van der Waals surface area (Å²) in [6, 6.07) is 0.341. The summed E-state index contributed by atoms with van der Waals surface area (Å²) in [5.41, 5.74) is 5.95. The van der Waals surface area contributed by atoms with Crippen molar-refractivity contribution >= 4 is 5.91 Å². The Labute approximate surface area is 98.4 Å². The van der Waals surface area contributed by atoms with Crippen LogP contribution in [0, 0.1) is 5.92 Å². The van der Waals surface area contributed by atoms with Crippen LogP contribution in [0.1, 0.15) is 51.4 Å². The summed E-state index contributed by atoms with van der Waals surface area (Å²) in [5, 5.41) is 0. The molecule has 0 radical (unpaired) electrons. The lowest BCUT2D eigenvalue weighted by Gasteiger charge is -2.31. The Hall–Kier alpha value is -0.570. The van der Waals surface area contributed by atoms with Gasteiger partial charge in [-0.3, -0.25) is 4.79 Å². The van der Waals surface area contributed by atoms with E-state index in [9.17, 15) is 4.79 Å². The third-order valence-corrected chi connectivity index (χ3v) is 4.00. The molecule has 1 heterocycles. The van der Waals surface area contributed by atoms with Crippen molar-refractivity contribution in [3.05, 3.63) is 0 Å². The number of hydrogen-bond acceptors (Lipinski definition) is 2. The molecule has 2 fully saturated rings. The molecule has 0 aromatic rings. The molecule has 2 unspecified atom stereocenters. The number of carbonyl (C=O) groups is 1. The molecule has 1 amide bonds. The van der Waals surface area contributed by atoms with Crippen LogP contribution in [0.25, 0.3) is 0 Å². The van der Waals surface area contributed by atoms with Gasteiger partial charge in [-0.05, 0) is 44.4 Å². The zero-order chi connectivity index (χ0) is 11.4. The van der Waals surface area contributed by atoms with Crippen molar-refractivity contribution in [3.63, 3.8) is 0 Å². The third-order valence-electron chi connectivity index (χ3n) is 4.00. The molecule has 0 spiro atoms. The normalized spacial score (nSPS) is 31.4. The van der Waals surface area contributed by atoms with E-state index in [1.807, 2.05) is 0 Å². The largest absolute Gasteiger partial charge is 0.343 e. The molecule has 0 bridgehead atoms. The van der Waals surface area contributed by atoms with Crippen LogP contribution >= 0.6 is 0 Å². The van der Waals surface area contributed by atoms with Crippen LogP contribution in [0.4, 0.5) is 0 Å². The minimum atomic E-state index is 0.341. The lowest BCUT2D eigenvalue weighted by molar-refractivity contribution is -0.133. The SMILES string of the molecule is NC1CCCC(CC(=O)N2CCCCC2)C1. The average Bonchev–Trinajstić information content (AvgIpc) is 2.30. The summed E-state index contributed by atoms with van der Waals surface area (Å²) in [5.74, 6) is 0.928. The number of nitrogens with two attached hydrogens (primary N) is 1. The van der Waals surface area contributed by atoms with Gasteiger partial charge in [0.05, 0.1) is 0 Å². The van der Waals surface area contributed by atoms with Crippen molar-refractivity contribution < 1.29 is 4.79 Å². The predicted molar refractivity (Wildman–Crippen MR) is 65.0 cm³/mol. The van der Waals surface area contributed by atoms with Crippen LogP contribution in [0.5, 0.6) is 0 Å². The van der Waals surface area contributed by atoms with Gasteiger partial charge in [-0.2, -0.15) is 0 Å². The van der Waals surface area contributed by atoms with Crippen molar-refractivity contribution in [2.75, 3.05) is 13.1 Å². The minimum Gasteiger partial charge on any atom is -0.343 e. The number of rotatable bonds is 2. The number of carbonyl (C=O) groups excluding carboxylic acids is 1. The van der Waals surface area contributed by atoms with E-state index >= 15 is 0 Å². The standard InChI is InChI=1S/C13H24N2O/c14-12-6-4-5-11(9-12)10-13(16)15-7-2-1-3-8-15/h11-12H,1-10,14H2. The smallest absolute Gasteiger partial charge is 0.222 e. The molecule has 2 N–H and O–H groups in total. The van der Waals surface area contributed by atoms with Crippen LogP contribution < -0.4 is 5.73 Å². The summed E-state index contributed by atoms with van der Waals surface area (Å²) in [7, 11) is 0. The van der Waals surface area contributed by atoms with Gasteiger partial charge in [0.2, 0.25) is 5.91 Å². The van der Waals surface area contributed by atoms with E-state index in [1.54, 1.807) is 0 Å². The Balaban J connectivity index is 1.77. The van der Waals surface area contributed by atoms with Crippen LogP contribution in [-0.2, 0) is 4.79 Å². The maximum absolute atomic E-state index is 12.1. The molecule has 16 heavy (non-hydrogen) atoms. The first-order valence-electron chi connectivity index (χ1n) is 6.79. The summed E-state index contributed by atoms with van der Waals surface area (Å²) in [4.78, 5) is 14.1. The monoisotopic (exact) mass is 224 g/mol. The third kappa shape index (κ3) is 3.21. The number of amides is 1. The van der Waals surface area contributed by atoms with E-state index in [4.69, 9.17) is 5.73 Å². The zero-order valence-electron chi connectivity index (χ0n) is 10.2. The maximum Gasteiger partial charge on any atom is 0.222 e. The van der Waals surface area contributed by atoms with Crippen molar-refractivity contribution in [3.8, 4) is 0 Å². The fraction of sp³-hybridized carbons (Fsp3) is 0.923. The Morgan fingerprint density at radius 1 is 1.12 bits per heavy atom. The molecule has 3 nitrogen and oxygen atoms in total. The van der Waals surface area contributed by atoms with Crippen molar-refractivity contribution in [2.24, 2.45) is 11.7 Å². The molecule has 0 aromatic heterocycles. The van der Waals surface area contributed by atoms with Gasteiger partial charge in [0.1, 0.15) is 0 Å². The number of likely N-dealkylation sites (tertiary alicyclic amines) is 1. The van der Waals surface area contributed by atoms with Crippen molar-refractivity contribution in [2.45, 2.75) is 57.4 Å². The van der Waals surface area contributed by atoms with Crippen LogP contribution in [-0.4, -0.2) is 29.9 Å². The molecule has 2 rings (SSSR count). The fourth-order valence-electron chi connectivity index (χ4n) is 3.04. The highest BCUT2D eigenvalue weighted by Crippen LogP contribution is 2.26. The Bertz CT molecular complexity index is 236. The molecule has 1 saturated carbocycles. The second-order valence-electron chi connectivity index (χ2n) is 5.44. The van der Waals surface area contributed by atoms with E-state index < -0.39 is 0 Å². The van der Waals surface area contributed by atoms with E-state index in [2.05, 4.69) is 4.90 Å². The summed E-state index contributed by atoms with van der Waals surface area (Å²) in [6.07, 6.45) is 9.03. The van der Waals surface area contributed by atoms with Gasteiger partial charge in [-0.1, -0.05) is 6.42 Å². The Morgan fingerprint density at radius 2 is 1.88 bits per heavy atom. The highest BCUT2D eigenvalue weighted by molar-refractivity contribution is 5.76. The van der Waals surface area contributed by atoms with Gasteiger partial charge in [-0.25, -0.2) is 0 Å². The topological polar surface area (TPSA) is 46.3 Å². The summed E-state index contributed by atoms with van der Waals surface area (Å²) < 4.78 is 0. The molecule has 1 saturated heterocycles. The molecule has 92 valence electrons. The summed E-state index contributed by atoms with van der Waals surface area (Å²) in [6.45, 7) is 1.97. The molecular formula is C13H24N2O. The second-order valence-corrected chi connectivity index (χ2v) is 5.44. The van der Waals surface area contributed by atoms with E-state index in [1.165, 1.54) is 32.1 Å². The number of hydrogen-bond donors (Lipinski definition) is 1. The van der Waals surface area contributed by atoms with Crippen LogP contribution in [0.2, 0.25) is 0 Å². The molecule has 1 aliphatic heterocycles. The van der Waals surface area contributed by atoms with E-state index in [0.29, 0.717) is 17.9 Å². The van der Waals surface area contributed by atoms with Gasteiger partial charge in [0.15, 0.2) is 0 Å². The van der Waals surface area contributed by atoms with Crippen LogP contribution in [0.15, 0.2) is 0 Å². The number of nitrogens with zero attached hydrogens (tertiary/aromatic N) is 1. The number of piperidine rings is 1.